The number of nitriles is 2. The van der Waals surface area contributed by atoms with Gasteiger partial charge in [0.2, 0.25) is 0 Å². The second kappa shape index (κ2) is 6.09. The molecule has 0 aliphatic carbocycles. The lowest BCUT2D eigenvalue weighted by molar-refractivity contribution is 0.849. The highest BCUT2D eigenvalue weighted by atomic mass is 15.1. The molecule has 0 saturated heterocycles. The van der Waals surface area contributed by atoms with E-state index in [2.05, 4.69) is 22.4 Å². The molecule has 0 aromatic heterocycles. The molecule has 2 aromatic carbocycles. The van der Waals surface area contributed by atoms with Crippen LogP contribution in [0.2, 0.25) is 0 Å². The normalized spacial score (nSPS) is 11.7. The second-order valence-electron chi connectivity index (χ2n) is 3.78. The standard InChI is InChI=1S/C15H10N4/c16-10-12-6-4-5-9-14(12)15(11-17)19-18-13-7-2-1-3-8-13/h1-9,15H. The van der Waals surface area contributed by atoms with Crippen molar-refractivity contribution < 1.29 is 0 Å². The minimum absolute atomic E-state index is 0.445. The molecule has 4 nitrogen and oxygen atoms in total. The van der Waals surface area contributed by atoms with Crippen LogP contribution in [-0.2, 0) is 0 Å². The van der Waals surface area contributed by atoms with E-state index in [0.29, 0.717) is 16.8 Å². The predicted molar refractivity (Wildman–Crippen MR) is 70.5 cm³/mol. The molecule has 0 saturated carbocycles. The van der Waals surface area contributed by atoms with E-state index in [0.717, 1.165) is 0 Å². The summed E-state index contributed by atoms with van der Waals surface area (Å²) in [4.78, 5) is 0. The molecule has 0 aliphatic rings. The molecule has 0 N–H and O–H groups in total. The van der Waals surface area contributed by atoms with Crippen LogP contribution in [0.4, 0.5) is 5.69 Å². The van der Waals surface area contributed by atoms with Gasteiger partial charge in [-0.15, -0.1) is 0 Å². The third-order valence-electron chi connectivity index (χ3n) is 2.54. The molecular weight excluding hydrogens is 236 g/mol. The number of nitrogens with zero attached hydrogens (tertiary/aromatic N) is 4. The largest absolute Gasteiger partial charge is 0.195 e. The molecule has 0 aliphatic heterocycles. The minimum Gasteiger partial charge on any atom is -0.195 e. The number of hydrogen-bond acceptors (Lipinski definition) is 4. The predicted octanol–water partition coefficient (Wildman–Crippen LogP) is 3.91. The average Bonchev–Trinajstić information content (AvgIpc) is 2.49. The van der Waals surface area contributed by atoms with Gasteiger partial charge < -0.3 is 0 Å². The van der Waals surface area contributed by atoms with Gasteiger partial charge in [-0.3, -0.25) is 0 Å². The van der Waals surface area contributed by atoms with Crippen molar-refractivity contribution in [1.29, 1.82) is 10.5 Å². The molecule has 0 heterocycles. The Morgan fingerprint density at radius 3 is 2.26 bits per heavy atom. The molecule has 2 rings (SSSR count). The van der Waals surface area contributed by atoms with Crippen LogP contribution < -0.4 is 0 Å². The lowest BCUT2D eigenvalue weighted by Gasteiger charge is -2.04. The summed E-state index contributed by atoms with van der Waals surface area (Å²) in [7, 11) is 0. The molecule has 2 aromatic rings. The van der Waals surface area contributed by atoms with Crippen LogP contribution in [0.15, 0.2) is 64.8 Å². The van der Waals surface area contributed by atoms with E-state index >= 15 is 0 Å². The maximum Gasteiger partial charge on any atom is 0.183 e. The van der Waals surface area contributed by atoms with Crippen molar-refractivity contribution in [3.8, 4) is 12.1 Å². The fourth-order valence-corrected chi connectivity index (χ4v) is 1.61. The summed E-state index contributed by atoms with van der Waals surface area (Å²) >= 11 is 0. The molecule has 0 bridgehead atoms. The highest BCUT2D eigenvalue weighted by Crippen LogP contribution is 2.22. The number of rotatable bonds is 3. The highest BCUT2D eigenvalue weighted by molar-refractivity contribution is 5.42. The van der Waals surface area contributed by atoms with Crippen molar-refractivity contribution in [2.24, 2.45) is 10.2 Å². The second-order valence-corrected chi connectivity index (χ2v) is 3.78. The van der Waals surface area contributed by atoms with Crippen LogP contribution in [0.25, 0.3) is 0 Å². The van der Waals surface area contributed by atoms with Gasteiger partial charge in [0, 0.05) is 5.56 Å². The fourth-order valence-electron chi connectivity index (χ4n) is 1.61. The molecule has 1 unspecified atom stereocenters. The van der Waals surface area contributed by atoms with Gasteiger partial charge in [0.15, 0.2) is 6.04 Å². The zero-order valence-corrected chi connectivity index (χ0v) is 10.1. The van der Waals surface area contributed by atoms with Crippen LogP contribution in [0, 0.1) is 22.7 Å². The topological polar surface area (TPSA) is 72.3 Å². The average molecular weight is 246 g/mol. The first-order valence-electron chi connectivity index (χ1n) is 5.69. The van der Waals surface area contributed by atoms with Gasteiger partial charge in [0.1, 0.15) is 0 Å². The number of azo groups is 1. The summed E-state index contributed by atoms with van der Waals surface area (Å²) in [6, 6.07) is 19.4. The Morgan fingerprint density at radius 2 is 1.58 bits per heavy atom. The summed E-state index contributed by atoms with van der Waals surface area (Å²) in [5, 5.41) is 26.2. The zero-order valence-electron chi connectivity index (χ0n) is 10.1. The third kappa shape index (κ3) is 3.02. The van der Waals surface area contributed by atoms with E-state index in [-0.39, 0.29) is 0 Å². The Balaban J connectivity index is 2.30. The van der Waals surface area contributed by atoms with Crippen LogP contribution in [0.3, 0.4) is 0 Å². The lowest BCUT2D eigenvalue weighted by Crippen LogP contribution is -1.94. The van der Waals surface area contributed by atoms with E-state index < -0.39 is 6.04 Å². The molecule has 4 heteroatoms. The van der Waals surface area contributed by atoms with Crippen LogP contribution in [0.1, 0.15) is 17.2 Å². The van der Waals surface area contributed by atoms with E-state index in [1.165, 1.54) is 0 Å². The SMILES string of the molecule is N#Cc1ccccc1C(C#N)N=Nc1ccccc1. The molecule has 0 spiro atoms. The lowest BCUT2D eigenvalue weighted by atomic mass is 10.0. The Labute approximate surface area is 111 Å². The van der Waals surface area contributed by atoms with Gasteiger partial charge in [-0.2, -0.15) is 20.8 Å². The maximum atomic E-state index is 9.16. The molecule has 1 atom stereocenters. The van der Waals surface area contributed by atoms with Crippen molar-refractivity contribution in [1.82, 2.24) is 0 Å². The first kappa shape index (κ1) is 12.5. The van der Waals surface area contributed by atoms with Gasteiger partial charge in [0.25, 0.3) is 0 Å². The first-order valence-corrected chi connectivity index (χ1v) is 5.69. The van der Waals surface area contributed by atoms with E-state index in [1.54, 1.807) is 36.4 Å². The first-order chi connectivity index (χ1) is 9.35. The molecule has 19 heavy (non-hydrogen) atoms. The summed E-state index contributed by atoms with van der Waals surface area (Å²) in [6.07, 6.45) is 0. The zero-order chi connectivity index (χ0) is 13.5. The van der Waals surface area contributed by atoms with E-state index in [1.807, 2.05) is 18.2 Å². The number of benzene rings is 2. The smallest absolute Gasteiger partial charge is 0.183 e. The number of hydrogen-bond donors (Lipinski definition) is 0. The van der Waals surface area contributed by atoms with Crippen molar-refractivity contribution in [3.05, 3.63) is 65.7 Å². The Hall–Kier alpha value is -2.98. The third-order valence-corrected chi connectivity index (χ3v) is 2.54. The van der Waals surface area contributed by atoms with Crippen molar-refractivity contribution in [2.75, 3.05) is 0 Å². The van der Waals surface area contributed by atoms with Gasteiger partial charge in [-0.25, -0.2) is 0 Å². The molecule has 0 amide bonds. The fraction of sp³-hybridized carbons (Fsp3) is 0.0667. The monoisotopic (exact) mass is 246 g/mol. The molecule has 0 fully saturated rings. The quantitative estimate of drug-likeness (QED) is 0.770. The Kier molecular flexibility index (Phi) is 4.00. The summed E-state index contributed by atoms with van der Waals surface area (Å²) in [6.45, 7) is 0. The summed E-state index contributed by atoms with van der Waals surface area (Å²) in [5.41, 5.74) is 1.70. The van der Waals surface area contributed by atoms with E-state index in [9.17, 15) is 0 Å². The molecule has 90 valence electrons. The van der Waals surface area contributed by atoms with Crippen molar-refractivity contribution in [2.45, 2.75) is 6.04 Å². The van der Waals surface area contributed by atoms with Crippen LogP contribution in [0.5, 0.6) is 0 Å². The van der Waals surface area contributed by atoms with Gasteiger partial charge in [0.05, 0.1) is 23.4 Å². The van der Waals surface area contributed by atoms with Crippen molar-refractivity contribution >= 4 is 5.69 Å². The van der Waals surface area contributed by atoms with Gasteiger partial charge in [-0.1, -0.05) is 36.4 Å². The summed E-state index contributed by atoms with van der Waals surface area (Å²) < 4.78 is 0. The highest BCUT2D eigenvalue weighted by Gasteiger charge is 2.13. The van der Waals surface area contributed by atoms with E-state index in [4.69, 9.17) is 10.5 Å². The maximum absolute atomic E-state index is 9.16. The van der Waals surface area contributed by atoms with Gasteiger partial charge >= 0.3 is 0 Å². The minimum atomic E-state index is -0.768. The molecule has 0 radical (unpaired) electrons. The van der Waals surface area contributed by atoms with Crippen molar-refractivity contribution in [3.63, 3.8) is 0 Å². The van der Waals surface area contributed by atoms with Gasteiger partial charge in [-0.05, 0) is 18.2 Å². The van der Waals surface area contributed by atoms with Crippen LogP contribution in [-0.4, -0.2) is 0 Å². The Bertz CT molecular complexity index is 663. The Morgan fingerprint density at radius 1 is 0.895 bits per heavy atom. The molecular formula is C15H10N4. The summed E-state index contributed by atoms with van der Waals surface area (Å²) in [5.74, 6) is 0. The van der Waals surface area contributed by atoms with Crippen LogP contribution >= 0.6 is 0 Å².